The topological polar surface area (TPSA) is 12.0 Å². The van der Waals surface area contributed by atoms with Gasteiger partial charge in [0.1, 0.15) is 0 Å². The van der Waals surface area contributed by atoms with E-state index in [4.69, 9.17) is 6.42 Å². The molecule has 1 nitrogen and oxygen atoms in total. The molecule has 0 aliphatic carbocycles. The fraction of sp³-hybridized carbons (Fsp3) is 0.429. The highest BCUT2D eigenvalue weighted by atomic mass is 32.2. The summed E-state index contributed by atoms with van der Waals surface area (Å²) in [6.07, 6.45) is 5.22. The van der Waals surface area contributed by atoms with E-state index in [0.29, 0.717) is 5.92 Å². The van der Waals surface area contributed by atoms with E-state index < -0.39 is 0 Å². The van der Waals surface area contributed by atoms with E-state index in [2.05, 4.69) is 49.4 Å². The maximum absolute atomic E-state index is 5.22. The average molecular weight is 233 g/mol. The van der Waals surface area contributed by atoms with Crippen LogP contribution in [0.4, 0.5) is 0 Å². The zero-order valence-corrected chi connectivity index (χ0v) is 10.8. The number of hydrogen-bond donors (Lipinski definition) is 1. The van der Waals surface area contributed by atoms with Crippen molar-refractivity contribution >= 4 is 11.8 Å². The summed E-state index contributed by atoms with van der Waals surface area (Å²) < 4.78 is 0. The highest BCUT2D eigenvalue weighted by molar-refractivity contribution is 7.99. The van der Waals surface area contributed by atoms with Crippen LogP contribution < -0.4 is 5.32 Å². The van der Waals surface area contributed by atoms with E-state index in [-0.39, 0.29) is 0 Å². The van der Waals surface area contributed by atoms with E-state index in [0.717, 1.165) is 18.8 Å². The maximum atomic E-state index is 5.22. The molecule has 0 saturated heterocycles. The zero-order chi connectivity index (χ0) is 11.8. The van der Waals surface area contributed by atoms with E-state index in [1.807, 2.05) is 0 Å². The Labute approximate surface area is 103 Å². The molecule has 16 heavy (non-hydrogen) atoms. The molecule has 0 heterocycles. The molecule has 1 N–H and O–H groups in total. The molecule has 0 bridgehead atoms. The number of benzene rings is 1. The summed E-state index contributed by atoms with van der Waals surface area (Å²) >= 11 is 1.70. The lowest BCUT2D eigenvalue weighted by Crippen LogP contribution is -2.18. The SMILES string of the molecule is C#CCSc1ccc(CNCC(C)C)cc1. The van der Waals surface area contributed by atoms with Crippen LogP contribution in [0.5, 0.6) is 0 Å². The first-order valence-corrected chi connectivity index (χ1v) is 6.57. The molecule has 0 fully saturated rings. The number of nitrogens with one attached hydrogen (secondary N) is 1. The molecule has 1 aromatic carbocycles. The Hall–Kier alpha value is -0.910. The zero-order valence-electron chi connectivity index (χ0n) is 9.99. The third kappa shape index (κ3) is 5.25. The molecule has 1 aromatic rings. The summed E-state index contributed by atoms with van der Waals surface area (Å²) in [6.45, 7) is 6.44. The molecule has 86 valence electrons. The van der Waals surface area contributed by atoms with Gasteiger partial charge in [-0.2, -0.15) is 0 Å². The van der Waals surface area contributed by atoms with Gasteiger partial charge in [-0.25, -0.2) is 0 Å². The van der Waals surface area contributed by atoms with Crippen LogP contribution in [0.15, 0.2) is 29.2 Å². The molecule has 0 aliphatic rings. The summed E-state index contributed by atoms with van der Waals surface area (Å²) in [5, 5.41) is 3.42. The fourth-order valence-corrected chi connectivity index (χ4v) is 1.91. The minimum atomic E-state index is 0.699. The minimum absolute atomic E-state index is 0.699. The third-order valence-electron chi connectivity index (χ3n) is 2.13. The molecular weight excluding hydrogens is 214 g/mol. The highest BCUT2D eigenvalue weighted by Crippen LogP contribution is 2.17. The Kier molecular flexibility index (Phi) is 6.07. The van der Waals surface area contributed by atoms with Crippen molar-refractivity contribution in [1.82, 2.24) is 5.32 Å². The van der Waals surface area contributed by atoms with Crippen molar-refractivity contribution in [2.75, 3.05) is 12.3 Å². The van der Waals surface area contributed by atoms with Gasteiger partial charge in [0.2, 0.25) is 0 Å². The Morgan fingerprint density at radius 3 is 2.56 bits per heavy atom. The van der Waals surface area contributed by atoms with Crippen LogP contribution in [0.3, 0.4) is 0 Å². The maximum Gasteiger partial charge on any atom is 0.0592 e. The van der Waals surface area contributed by atoms with Crippen molar-refractivity contribution < 1.29 is 0 Å². The Balaban J connectivity index is 2.36. The average Bonchev–Trinajstić information content (AvgIpc) is 2.27. The first kappa shape index (κ1) is 13.2. The van der Waals surface area contributed by atoms with Gasteiger partial charge in [-0.3, -0.25) is 0 Å². The van der Waals surface area contributed by atoms with Crippen molar-refractivity contribution in [3.63, 3.8) is 0 Å². The summed E-state index contributed by atoms with van der Waals surface area (Å²) in [6, 6.07) is 8.58. The summed E-state index contributed by atoms with van der Waals surface area (Å²) in [5.74, 6) is 4.07. The van der Waals surface area contributed by atoms with Gasteiger partial charge in [-0.05, 0) is 30.2 Å². The van der Waals surface area contributed by atoms with Crippen molar-refractivity contribution in [2.45, 2.75) is 25.3 Å². The molecular formula is C14H19NS. The van der Waals surface area contributed by atoms with Crippen molar-refractivity contribution in [2.24, 2.45) is 5.92 Å². The summed E-state index contributed by atoms with van der Waals surface area (Å²) in [7, 11) is 0. The number of rotatable bonds is 6. The second-order valence-electron chi connectivity index (χ2n) is 4.16. The van der Waals surface area contributed by atoms with Gasteiger partial charge in [-0.15, -0.1) is 18.2 Å². The largest absolute Gasteiger partial charge is 0.312 e. The Morgan fingerprint density at radius 2 is 2.00 bits per heavy atom. The van der Waals surface area contributed by atoms with Gasteiger partial charge in [0.15, 0.2) is 0 Å². The predicted octanol–water partition coefficient (Wildman–Crippen LogP) is 3.16. The van der Waals surface area contributed by atoms with E-state index in [1.54, 1.807) is 11.8 Å². The normalized spacial score (nSPS) is 10.4. The standard InChI is InChI=1S/C14H19NS/c1-4-9-16-14-7-5-13(6-8-14)11-15-10-12(2)3/h1,5-8,12,15H,9-11H2,2-3H3. The molecule has 0 unspecified atom stereocenters. The minimum Gasteiger partial charge on any atom is -0.312 e. The molecule has 0 saturated carbocycles. The van der Waals surface area contributed by atoms with Gasteiger partial charge in [0.05, 0.1) is 5.75 Å². The van der Waals surface area contributed by atoms with Crippen LogP contribution in [0.1, 0.15) is 19.4 Å². The van der Waals surface area contributed by atoms with Gasteiger partial charge in [0, 0.05) is 11.4 Å². The quantitative estimate of drug-likeness (QED) is 0.598. The molecule has 0 radical (unpaired) electrons. The van der Waals surface area contributed by atoms with Crippen LogP contribution in [0, 0.1) is 18.3 Å². The smallest absolute Gasteiger partial charge is 0.0592 e. The molecule has 0 aliphatic heterocycles. The highest BCUT2D eigenvalue weighted by Gasteiger charge is 1.96. The van der Waals surface area contributed by atoms with Crippen molar-refractivity contribution in [1.29, 1.82) is 0 Å². The summed E-state index contributed by atoms with van der Waals surface area (Å²) in [4.78, 5) is 1.24. The van der Waals surface area contributed by atoms with Gasteiger partial charge in [-0.1, -0.05) is 31.9 Å². The molecule has 0 aromatic heterocycles. The van der Waals surface area contributed by atoms with Crippen LogP contribution in [0.25, 0.3) is 0 Å². The van der Waals surface area contributed by atoms with E-state index in [1.165, 1.54) is 10.5 Å². The summed E-state index contributed by atoms with van der Waals surface area (Å²) in [5.41, 5.74) is 1.32. The first-order valence-electron chi connectivity index (χ1n) is 5.58. The predicted molar refractivity (Wildman–Crippen MR) is 72.5 cm³/mol. The molecule has 1 rings (SSSR count). The molecule has 0 atom stereocenters. The second-order valence-corrected chi connectivity index (χ2v) is 5.21. The molecule has 0 amide bonds. The van der Waals surface area contributed by atoms with Crippen molar-refractivity contribution in [3.05, 3.63) is 29.8 Å². The lowest BCUT2D eigenvalue weighted by atomic mass is 10.2. The third-order valence-corrected chi connectivity index (χ3v) is 3.04. The van der Waals surface area contributed by atoms with Crippen LogP contribution >= 0.6 is 11.8 Å². The van der Waals surface area contributed by atoms with E-state index >= 15 is 0 Å². The number of thioether (sulfide) groups is 1. The Morgan fingerprint density at radius 1 is 1.31 bits per heavy atom. The fourth-order valence-electron chi connectivity index (χ4n) is 1.33. The van der Waals surface area contributed by atoms with Crippen LogP contribution in [0.2, 0.25) is 0 Å². The first-order chi connectivity index (χ1) is 7.72. The van der Waals surface area contributed by atoms with Gasteiger partial charge in [0.25, 0.3) is 0 Å². The molecule has 0 spiro atoms. The number of hydrogen-bond acceptors (Lipinski definition) is 2. The number of terminal acetylenes is 1. The van der Waals surface area contributed by atoms with Crippen molar-refractivity contribution in [3.8, 4) is 12.3 Å². The monoisotopic (exact) mass is 233 g/mol. The van der Waals surface area contributed by atoms with Crippen LogP contribution in [-0.4, -0.2) is 12.3 Å². The lowest BCUT2D eigenvalue weighted by molar-refractivity contribution is 0.552. The van der Waals surface area contributed by atoms with Crippen LogP contribution in [-0.2, 0) is 6.54 Å². The second kappa shape index (κ2) is 7.38. The van der Waals surface area contributed by atoms with E-state index in [9.17, 15) is 0 Å². The van der Waals surface area contributed by atoms with Gasteiger partial charge >= 0.3 is 0 Å². The lowest BCUT2D eigenvalue weighted by Gasteiger charge is -2.07. The Bertz CT molecular complexity index is 335. The van der Waals surface area contributed by atoms with Gasteiger partial charge < -0.3 is 5.32 Å². The molecule has 2 heteroatoms.